The Morgan fingerprint density at radius 1 is 1.13 bits per heavy atom. The van der Waals surface area contributed by atoms with Gasteiger partial charge in [0.05, 0.1) is 16.6 Å². The van der Waals surface area contributed by atoms with Crippen LogP contribution in [0.4, 0.5) is 5.82 Å². The Labute approximate surface area is 175 Å². The van der Waals surface area contributed by atoms with Crippen LogP contribution in [0.2, 0.25) is 5.02 Å². The quantitative estimate of drug-likeness (QED) is 0.525. The fraction of sp³-hybridized carbons (Fsp3) is 0.143. The van der Waals surface area contributed by atoms with Crippen LogP contribution in [-0.4, -0.2) is 25.9 Å². The molecular weight excluding hydrogens is 406 g/mol. The molecule has 0 aliphatic carbocycles. The number of benzene rings is 1. The van der Waals surface area contributed by atoms with Gasteiger partial charge in [-0.15, -0.1) is 0 Å². The predicted octanol–water partition coefficient (Wildman–Crippen LogP) is 3.65. The molecule has 2 N–H and O–H groups in total. The van der Waals surface area contributed by atoms with Gasteiger partial charge < -0.3 is 9.73 Å². The number of aryl methyl sites for hydroxylation is 1. The first kappa shape index (κ1) is 18.4. The third-order valence-electron chi connectivity index (χ3n) is 5.09. The van der Waals surface area contributed by atoms with E-state index in [2.05, 4.69) is 20.6 Å². The van der Waals surface area contributed by atoms with E-state index in [4.69, 9.17) is 16.0 Å². The van der Waals surface area contributed by atoms with E-state index < -0.39 is 0 Å². The van der Waals surface area contributed by atoms with Crippen molar-refractivity contribution in [1.29, 1.82) is 0 Å². The van der Waals surface area contributed by atoms with Gasteiger partial charge in [-0.05, 0) is 37.3 Å². The second-order valence-corrected chi connectivity index (χ2v) is 7.43. The van der Waals surface area contributed by atoms with Gasteiger partial charge in [0, 0.05) is 23.6 Å². The van der Waals surface area contributed by atoms with Gasteiger partial charge in [0.15, 0.2) is 5.82 Å². The summed E-state index contributed by atoms with van der Waals surface area (Å²) >= 11 is 6.30. The van der Waals surface area contributed by atoms with E-state index in [0.717, 1.165) is 16.8 Å². The molecule has 1 amide bonds. The highest BCUT2D eigenvalue weighted by Crippen LogP contribution is 2.42. The van der Waals surface area contributed by atoms with Gasteiger partial charge in [-0.2, -0.15) is 14.9 Å². The van der Waals surface area contributed by atoms with Crippen LogP contribution in [0.25, 0.3) is 17.1 Å². The molecule has 0 saturated heterocycles. The maximum atomic E-state index is 12.5. The fourth-order valence-electron chi connectivity index (χ4n) is 3.76. The summed E-state index contributed by atoms with van der Waals surface area (Å²) in [5.41, 5.74) is 2.05. The van der Waals surface area contributed by atoms with Crippen LogP contribution in [0, 0.1) is 6.92 Å². The molecule has 8 nitrogen and oxygen atoms in total. The van der Waals surface area contributed by atoms with E-state index in [1.807, 2.05) is 37.3 Å². The number of anilines is 1. The van der Waals surface area contributed by atoms with Gasteiger partial charge in [0.1, 0.15) is 17.3 Å². The van der Waals surface area contributed by atoms with Crippen LogP contribution in [0.5, 0.6) is 0 Å². The Morgan fingerprint density at radius 2 is 1.97 bits per heavy atom. The number of halogens is 1. The lowest BCUT2D eigenvalue weighted by Crippen LogP contribution is -2.25. The van der Waals surface area contributed by atoms with Gasteiger partial charge in [0.2, 0.25) is 5.91 Å². The molecule has 1 aromatic carbocycles. The number of furan rings is 1. The van der Waals surface area contributed by atoms with Crippen molar-refractivity contribution in [3.05, 3.63) is 80.9 Å². The van der Waals surface area contributed by atoms with E-state index >= 15 is 0 Å². The van der Waals surface area contributed by atoms with Crippen molar-refractivity contribution in [2.75, 3.05) is 5.32 Å². The Bertz CT molecular complexity index is 1320. The lowest BCUT2D eigenvalue weighted by molar-refractivity contribution is -0.116. The molecule has 9 heteroatoms. The highest BCUT2D eigenvalue weighted by atomic mass is 35.5. The standard InChI is InChI=1S/C21H16ClN5O3/c1-11-20-13(16-7-6-15(30-16)12-4-2-3-5-14(12)22)10-19(29)23-21(20)27(26-11)17-8-9-18(28)25-24-17/h2-9,13H,10H2,1H3,(H,23,29)(H,25,28)/t13-/m0/s1. The molecule has 0 unspecified atom stereocenters. The second-order valence-electron chi connectivity index (χ2n) is 7.03. The normalized spacial score (nSPS) is 15.7. The minimum Gasteiger partial charge on any atom is -0.460 e. The smallest absolute Gasteiger partial charge is 0.264 e. The fourth-order valence-corrected chi connectivity index (χ4v) is 3.99. The molecule has 1 aliphatic heterocycles. The van der Waals surface area contributed by atoms with Crippen molar-refractivity contribution in [2.45, 2.75) is 19.3 Å². The van der Waals surface area contributed by atoms with Crippen molar-refractivity contribution in [3.8, 4) is 17.1 Å². The molecule has 4 aromatic rings. The van der Waals surface area contributed by atoms with Crippen molar-refractivity contribution < 1.29 is 9.21 Å². The zero-order valence-electron chi connectivity index (χ0n) is 15.8. The molecule has 30 heavy (non-hydrogen) atoms. The summed E-state index contributed by atoms with van der Waals surface area (Å²) in [5, 5.41) is 14.4. The zero-order chi connectivity index (χ0) is 20.8. The van der Waals surface area contributed by atoms with E-state index in [0.29, 0.717) is 28.2 Å². The third kappa shape index (κ3) is 3.02. The van der Waals surface area contributed by atoms with E-state index in [-0.39, 0.29) is 23.8 Å². The number of rotatable bonds is 3. The number of fused-ring (bicyclic) bond motifs is 1. The van der Waals surface area contributed by atoms with E-state index in [9.17, 15) is 9.59 Å². The molecule has 5 rings (SSSR count). The molecular formula is C21H16ClN5O3. The molecule has 0 radical (unpaired) electrons. The second kappa shape index (κ2) is 7.00. The highest BCUT2D eigenvalue weighted by Gasteiger charge is 2.34. The Kier molecular flexibility index (Phi) is 4.29. The summed E-state index contributed by atoms with van der Waals surface area (Å²) in [6, 6.07) is 14.1. The lowest BCUT2D eigenvalue weighted by Gasteiger charge is -2.22. The minimum absolute atomic E-state index is 0.159. The number of H-pyrrole nitrogens is 1. The van der Waals surface area contributed by atoms with Crippen molar-refractivity contribution in [2.24, 2.45) is 0 Å². The Morgan fingerprint density at radius 3 is 2.73 bits per heavy atom. The van der Waals surface area contributed by atoms with Gasteiger partial charge in [-0.3, -0.25) is 9.59 Å². The molecule has 1 aliphatic rings. The SMILES string of the molecule is Cc1nn(-c2ccc(=O)[nH]n2)c2c1[C@H](c1ccc(-c3ccccc3Cl)o1)CC(=O)N2. The summed E-state index contributed by atoms with van der Waals surface area (Å²) in [6.45, 7) is 1.86. The molecule has 4 heterocycles. The van der Waals surface area contributed by atoms with Gasteiger partial charge >= 0.3 is 0 Å². The van der Waals surface area contributed by atoms with Crippen LogP contribution in [0.3, 0.4) is 0 Å². The molecule has 1 atom stereocenters. The molecule has 150 valence electrons. The first-order chi connectivity index (χ1) is 14.5. The average Bonchev–Trinajstić information content (AvgIpc) is 3.34. The van der Waals surface area contributed by atoms with Crippen molar-refractivity contribution >= 4 is 23.3 Å². The first-order valence-corrected chi connectivity index (χ1v) is 9.69. The Balaban J connectivity index is 1.60. The first-order valence-electron chi connectivity index (χ1n) is 9.31. The van der Waals surface area contributed by atoms with Crippen LogP contribution in [0.15, 0.2) is 57.7 Å². The van der Waals surface area contributed by atoms with Gasteiger partial charge in [-0.1, -0.05) is 23.7 Å². The lowest BCUT2D eigenvalue weighted by atomic mass is 9.90. The predicted molar refractivity (Wildman–Crippen MR) is 111 cm³/mol. The largest absolute Gasteiger partial charge is 0.460 e. The van der Waals surface area contributed by atoms with Crippen LogP contribution >= 0.6 is 11.6 Å². The topological polar surface area (TPSA) is 106 Å². The molecule has 3 aromatic heterocycles. The number of carbonyl (C=O) groups is 1. The van der Waals surface area contributed by atoms with Crippen LogP contribution < -0.4 is 10.9 Å². The summed E-state index contributed by atoms with van der Waals surface area (Å²) in [6.07, 6.45) is 0.230. The van der Waals surface area contributed by atoms with Gasteiger partial charge in [0.25, 0.3) is 5.56 Å². The minimum atomic E-state index is -0.318. The molecule has 0 bridgehead atoms. The molecule has 0 saturated carbocycles. The number of carbonyl (C=O) groups excluding carboxylic acids is 1. The summed E-state index contributed by atoms with van der Waals surface area (Å²) in [5.74, 6) is 1.74. The maximum Gasteiger partial charge on any atom is 0.264 e. The van der Waals surface area contributed by atoms with E-state index in [1.165, 1.54) is 10.7 Å². The zero-order valence-corrected chi connectivity index (χ0v) is 16.6. The van der Waals surface area contributed by atoms with Crippen molar-refractivity contribution in [1.82, 2.24) is 20.0 Å². The number of aromatic nitrogens is 4. The number of aromatic amines is 1. The van der Waals surface area contributed by atoms with Crippen molar-refractivity contribution in [3.63, 3.8) is 0 Å². The number of nitrogens with one attached hydrogen (secondary N) is 2. The van der Waals surface area contributed by atoms with Gasteiger partial charge in [-0.25, -0.2) is 5.10 Å². The monoisotopic (exact) mass is 421 g/mol. The maximum absolute atomic E-state index is 12.5. The Hall–Kier alpha value is -3.65. The summed E-state index contributed by atoms with van der Waals surface area (Å²) in [7, 11) is 0. The average molecular weight is 422 g/mol. The highest BCUT2D eigenvalue weighted by molar-refractivity contribution is 6.33. The molecule has 0 fully saturated rings. The number of hydrogen-bond acceptors (Lipinski definition) is 5. The summed E-state index contributed by atoms with van der Waals surface area (Å²) in [4.78, 5) is 23.8. The number of nitrogens with zero attached hydrogens (tertiary/aromatic N) is 3. The third-order valence-corrected chi connectivity index (χ3v) is 5.42. The van der Waals surface area contributed by atoms with Crippen LogP contribution in [0.1, 0.15) is 29.4 Å². The van der Waals surface area contributed by atoms with E-state index in [1.54, 1.807) is 12.1 Å². The summed E-state index contributed by atoms with van der Waals surface area (Å²) < 4.78 is 7.63. The van der Waals surface area contributed by atoms with Crippen LogP contribution in [-0.2, 0) is 4.79 Å². The molecule has 0 spiro atoms. The number of hydrogen-bond donors (Lipinski definition) is 2. The number of amides is 1.